The first-order valence-corrected chi connectivity index (χ1v) is 6.04. The molecule has 0 aliphatic carbocycles. The van der Waals surface area contributed by atoms with Crippen molar-refractivity contribution in [3.8, 4) is 0 Å². The summed E-state index contributed by atoms with van der Waals surface area (Å²) in [6, 6.07) is 18.3. The molecule has 0 saturated carbocycles. The zero-order valence-corrected chi connectivity index (χ0v) is 10.4. The van der Waals surface area contributed by atoms with Gasteiger partial charge in [-0.25, -0.2) is 0 Å². The Balaban J connectivity index is 2.32. The second kappa shape index (κ2) is 6.02. The van der Waals surface area contributed by atoms with Gasteiger partial charge in [-0.2, -0.15) is 0 Å². The second-order valence-corrected chi connectivity index (χ2v) is 4.23. The van der Waals surface area contributed by atoms with Gasteiger partial charge in [0.2, 0.25) is 0 Å². The molecule has 4 nitrogen and oxygen atoms in total. The molecule has 0 saturated heterocycles. The maximum Gasteiger partial charge on any atom is 0.322 e. The Morgan fingerprint density at radius 1 is 1.00 bits per heavy atom. The number of rotatable bonds is 5. The molecule has 2 aromatic rings. The summed E-state index contributed by atoms with van der Waals surface area (Å²) in [7, 11) is 0. The minimum Gasteiger partial charge on any atom is -0.480 e. The predicted molar refractivity (Wildman–Crippen MR) is 75.5 cm³/mol. The first kappa shape index (κ1) is 13.1. The standard InChI is InChI=1S/C15H16N2O2/c16-14(15(18)19)11-17(12-7-3-1-4-8-12)13-9-5-2-6-10-13/h1-10,14H,11,16H2,(H,18,19). The number of hydrogen-bond acceptors (Lipinski definition) is 3. The molecular weight excluding hydrogens is 240 g/mol. The second-order valence-electron chi connectivity index (χ2n) is 4.23. The van der Waals surface area contributed by atoms with Crippen molar-refractivity contribution >= 4 is 17.3 Å². The summed E-state index contributed by atoms with van der Waals surface area (Å²) < 4.78 is 0. The van der Waals surface area contributed by atoms with E-state index in [0.717, 1.165) is 11.4 Å². The summed E-state index contributed by atoms with van der Waals surface area (Å²) in [6.45, 7) is 0.226. The highest BCUT2D eigenvalue weighted by atomic mass is 16.4. The number of carbonyl (C=O) groups is 1. The van der Waals surface area contributed by atoms with Crippen LogP contribution in [0, 0.1) is 0 Å². The maximum absolute atomic E-state index is 10.9. The van der Waals surface area contributed by atoms with E-state index in [1.165, 1.54) is 0 Å². The SMILES string of the molecule is NC(CN(c1ccccc1)c1ccccc1)C(=O)O. The Hall–Kier alpha value is -2.33. The molecule has 1 unspecified atom stereocenters. The van der Waals surface area contributed by atoms with E-state index < -0.39 is 12.0 Å². The summed E-state index contributed by atoms with van der Waals surface area (Å²) in [5.74, 6) is -1.00. The van der Waals surface area contributed by atoms with Crippen LogP contribution in [0.1, 0.15) is 0 Å². The molecule has 0 aliphatic heterocycles. The minimum absolute atomic E-state index is 0.226. The molecular formula is C15H16N2O2. The van der Waals surface area contributed by atoms with Gasteiger partial charge in [0, 0.05) is 17.9 Å². The lowest BCUT2D eigenvalue weighted by molar-refractivity contribution is -0.138. The molecule has 0 heterocycles. The Bertz CT molecular complexity index is 489. The lowest BCUT2D eigenvalue weighted by atomic mass is 10.2. The highest BCUT2D eigenvalue weighted by Gasteiger charge is 2.18. The minimum atomic E-state index is -1.00. The topological polar surface area (TPSA) is 66.6 Å². The van der Waals surface area contributed by atoms with E-state index in [-0.39, 0.29) is 6.54 Å². The average Bonchev–Trinajstić information content (AvgIpc) is 2.46. The molecule has 2 rings (SSSR count). The van der Waals surface area contributed by atoms with Gasteiger partial charge in [0.15, 0.2) is 0 Å². The molecule has 0 radical (unpaired) electrons. The Kier molecular flexibility index (Phi) is 4.15. The number of anilines is 2. The van der Waals surface area contributed by atoms with Crippen molar-refractivity contribution in [3.05, 3.63) is 60.7 Å². The summed E-state index contributed by atoms with van der Waals surface area (Å²) in [4.78, 5) is 12.8. The lowest BCUT2D eigenvalue weighted by Crippen LogP contribution is -2.41. The van der Waals surface area contributed by atoms with Gasteiger partial charge in [-0.05, 0) is 24.3 Å². The number of nitrogens with two attached hydrogens (primary N) is 1. The number of carboxylic acids is 1. The van der Waals surface area contributed by atoms with Crippen LogP contribution in [0.4, 0.5) is 11.4 Å². The van der Waals surface area contributed by atoms with Crippen molar-refractivity contribution < 1.29 is 9.90 Å². The third-order valence-corrected chi connectivity index (χ3v) is 2.83. The highest BCUT2D eigenvalue weighted by molar-refractivity contribution is 5.75. The van der Waals surface area contributed by atoms with E-state index in [9.17, 15) is 4.79 Å². The summed E-state index contributed by atoms with van der Waals surface area (Å²) in [5, 5.41) is 8.97. The van der Waals surface area contributed by atoms with E-state index in [0.29, 0.717) is 0 Å². The first-order chi connectivity index (χ1) is 9.18. The van der Waals surface area contributed by atoms with Gasteiger partial charge >= 0.3 is 5.97 Å². The van der Waals surface area contributed by atoms with Gasteiger partial charge in [-0.1, -0.05) is 36.4 Å². The van der Waals surface area contributed by atoms with Crippen LogP contribution in [0.15, 0.2) is 60.7 Å². The van der Waals surface area contributed by atoms with Crippen LogP contribution < -0.4 is 10.6 Å². The fourth-order valence-electron chi connectivity index (χ4n) is 1.85. The van der Waals surface area contributed by atoms with Gasteiger partial charge in [0.25, 0.3) is 0 Å². The van der Waals surface area contributed by atoms with Crippen LogP contribution in [-0.2, 0) is 4.79 Å². The van der Waals surface area contributed by atoms with Crippen molar-refractivity contribution in [2.45, 2.75) is 6.04 Å². The predicted octanol–water partition coefficient (Wildman–Crippen LogP) is 2.24. The van der Waals surface area contributed by atoms with Crippen molar-refractivity contribution in [3.63, 3.8) is 0 Å². The molecule has 1 atom stereocenters. The normalized spacial score (nSPS) is 11.8. The molecule has 0 bridgehead atoms. The number of para-hydroxylation sites is 2. The number of nitrogens with zero attached hydrogens (tertiary/aromatic N) is 1. The smallest absolute Gasteiger partial charge is 0.322 e. The van der Waals surface area contributed by atoms with Crippen LogP contribution in [0.3, 0.4) is 0 Å². The molecule has 0 fully saturated rings. The first-order valence-electron chi connectivity index (χ1n) is 6.04. The van der Waals surface area contributed by atoms with Crippen LogP contribution >= 0.6 is 0 Å². The quantitative estimate of drug-likeness (QED) is 0.861. The number of hydrogen-bond donors (Lipinski definition) is 2. The van der Waals surface area contributed by atoms with Crippen molar-refractivity contribution in [2.75, 3.05) is 11.4 Å². The molecule has 0 aliphatic rings. The molecule has 2 aromatic carbocycles. The Labute approximate surface area is 112 Å². The van der Waals surface area contributed by atoms with Gasteiger partial charge < -0.3 is 15.7 Å². The zero-order chi connectivity index (χ0) is 13.7. The molecule has 4 heteroatoms. The van der Waals surface area contributed by atoms with Crippen LogP contribution in [0.5, 0.6) is 0 Å². The van der Waals surface area contributed by atoms with E-state index in [2.05, 4.69) is 0 Å². The Morgan fingerprint density at radius 2 is 1.42 bits per heavy atom. The van der Waals surface area contributed by atoms with E-state index in [1.54, 1.807) is 0 Å². The molecule has 19 heavy (non-hydrogen) atoms. The highest BCUT2D eigenvalue weighted by Crippen LogP contribution is 2.24. The van der Waals surface area contributed by atoms with Gasteiger partial charge in [-0.15, -0.1) is 0 Å². The summed E-state index contributed by atoms with van der Waals surface area (Å²) in [5.41, 5.74) is 7.49. The molecule has 0 spiro atoms. The molecule has 0 amide bonds. The van der Waals surface area contributed by atoms with E-state index in [1.807, 2.05) is 65.6 Å². The van der Waals surface area contributed by atoms with Crippen LogP contribution in [-0.4, -0.2) is 23.7 Å². The molecule has 3 N–H and O–H groups in total. The fraction of sp³-hybridized carbons (Fsp3) is 0.133. The largest absolute Gasteiger partial charge is 0.480 e. The molecule has 0 aromatic heterocycles. The Morgan fingerprint density at radius 3 is 1.79 bits per heavy atom. The van der Waals surface area contributed by atoms with E-state index in [4.69, 9.17) is 10.8 Å². The van der Waals surface area contributed by atoms with Gasteiger partial charge in [-0.3, -0.25) is 4.79 Å². The maximum atomic E-state index is 10.9. The van der Waals surface area contributed by atoms with Crippen LogP contribution in [0.25, 0.3) is 0 Å². The van der Waals surface area contributed by atoms with Crippen LogP contribution in [0.2, 0.25) is 0 Å². The van der Waals surface area contributed by atoms with Crippen molar-refractivity contribution in [1.82, 2.24) is 0 Å². The molecule has 98 valence electrons. The van der Waals surface area contributed by atoms with Gasteiger partial charge in [0.05, 0.1) is 0 Å². The zero-order valence-electron chi connectivity index (χ0n) is 10.4. The number of benzene rings is 2. The third kappa shape index (κ3) is 3.33. The summed E-state index contributed by atoms with van der Waals surface area (Å²) in [6.07, 6.45) is 0. The van der Waals surface area contributed by atoms with Gasteiger partial charge in [0.1, 0.15) is 6.04 Å². The van der Waals surface area contributed by atoms with Crippen molar-refractivity contribution in [1.29, 1.82) is 0 Å². The average molecular weight is 256 g/mol. The summed E-state index contributed by atoms with van der Waals surface area (Å²) >= 11 is 0. The fourth-order valence-corrected chi connectivity index (χ4v) is 1.85. The third-order valence-electron chi connectivity index (χ3n) is 2.83. The number of carboxylic acid groups (broad SMARTS) is 1. The van der Waals surface area contributed by atoms with E-state index >= 15 is 0 Å². The number of aliphatic carboxylic acids is 1. The monoisotopic (exact) mass is 256 g/mol. The van der Waals surface area contributed by atoms with Crippen molar-refractivity contribution in [2.24, 2.45) is 5.73 Å². The lowest BCUT2D eigenvalue weighted by Gasteiger charge is -2.26.